The third kappa shape index (κ3) is 3.65. The largest absolute Gasteiger partial charge is 0.497 e. The standard InChI is InChI=1S/C26H24N2O5/c1-30-19-7-4-6-18(14-19)21-15-22-20-8-5-9-23(31-2)24(20)33-25(28(22)27-21)16-10-12-17(13-11-16)26(29)32-3/h4-14,22,25H,15H2,1-3H3. The monoisotopic (exact) mass is 444 g/mol. The van der Waals surface area contributed by atoms with E-state index in [0.29, 0.717) is 23.5 Å². The lowest BCUT2D eigenvalue weighted by Gasteiger charge is -2.38. The molecule has 3 aromatic rings. The van der Waals surface area contributed by atoms with E-state index in [9.17, 15) is 4.79 Å². The van der Waals surface area contributed by atoms with E-state index in [1.165, 1.54) is 7.11 Å². The predicted molar refractivity (Wildman–Crippen MR) is 123 cm³/mol. The highest BCUT2D eigenvalue weighted by molar-refractivity contribution is 6.02. The number of methoxy groups -OCH3 is 3. The third-order valence-electron chi connectivity index (χ3n) is 6.02. The molecular weight excluding hydrogens is 420 g/mol. The van der Waals surface area contributed by atoms with Crippen LogP contribution >= 0.6 is 0 Å². The molecule has 7 heteroatoms. The van der Waals surface area contributed by atoms with Gasteiger partial charge in [-0.2, -0.15) is 5.10 Å². The number of carbonyl (C=O) groups is 1. The summed E-state index contributed by atoms with van der Waals surface area (Å²) in [6.45, 7) is 0. The lowest BCUT2D eigenvalue weighted by Crippen LogP contribution is -2.33. The van der Waals surface area contributed by atoms with Gasteiger partial charge in [0, 0.05) is 23.1 Å². The lowest BCUT2D eigenvalue weighted by atomic mass is 9.95. The Balaban J connectivity index is 1.58. The zero-order valence-corrected chi connectivity index (χ0v) is 18.6. The first-order valence-electron chi connectivity index (χ1n) is 10.6. The number of fused-ring (bicyclic) bond motifs is 3. The number of hydrogen-bond acceptors (Lipinski definition) is 7. The van der Waals surface area contributed by atoms with Gasteiger partial charge in [0.25, 0.3) is 0 Å². The first-order valence-corrected chi connectivity index (χ1v) is 10.6. The van der Waals surface area contributed by atoms with Crippen LogP contribution < -0.4 is 14.2 Å². The van der Waals surface area contributed by atoms with Gasteiger partial charge in [-0.25, -0.2) is 9.80 Å². The van der Waals surface area contributed by atoms with Crippen LogP contribution in [0.4, 0.5) is 0 Å². The van der Waals surface area contributed by atoms with Crippen LogP contribution in [0.3, 0.4) is 0 Å². The molecule has 0 aliphatic carbocycles. The van der Waals surface area contributed by atoms with Gasteiger partial charge in [-0.05, 0) is 30.3 Å². The molecule has 0 bridgehead atoms. The number of hydrazone groups is 1. The van der Waals surface area contributed by atoms with Gasteiger partial charge >= 0.3 is 5.97 Å². The molecule has 7 nitrogen and oxygen atoms in total. The number of nitrogens with zero attached hydrogens (tertiary/aromatic N) is 2. The van der Waals surface area contributed by atoms with Gasteiger partial charge in [0.05, 0.1) is 38.6 Å². The average molecular weight is 444 g/mol. The third-order valence-corrected chi connectivity index (χ3v) is 6.02. The number of para-hydroxylation sites is 1. The molecule has 3 aromatic carbocycles. The Bertz CT molecular complexity index is 1220. The number of carbonyl (C=O) groups excluding carboxylic acids is 1. The Hall–Kier alpha value is -4.00. The van der Waals surface area contributed by atoms with Crippen LogP contribution in [-0.4, -0.2) is 38.0 Å². The predicted octanol–water partition coefficient (Wildman–Crippen LogP) is 4.73. The van der Waals surface area contributed by atoms with Crippen molar-refractivity contribution in [3.8, 4) is 17.2 Å². The Morgan fingerprint density at radius 3 is 2.52 bits per heavy atom. The maximum absolute atomic E-state index is 11.9. The van der Waals surface area contributed by atoms with Crippen molar-refractivity contribution < 1.29 is 23.7 Å². The summed E-state index contributed by atoms with van der Waals surface area (Å²) in [6.07, 6.45) is 0.238. The zero-order valence-electron chi connectivity index (χ0n) is 18.6. The van der Waals surface area contributed by atoms with E-state index >= 15 is 0 Å². The molecule has 33 heavy (non-hydrogen) atoms. The Morgan fingerprint density at radius 1 is 1.00 bits per heavy atom. The van der Waals surface area contributed by atoms with E-state index in [4.69, 9.17) is 24.0 Å². The Kier molecular flexibility index (Phi) is 5.38. The second-order valence-electron chi connectivity index (χ2n) is 7.84. The summed E-state index contributed by atoms with van der Waals surface area (Å²) in [5, 5.41) is 6.97. The summed E-state index contributed by atoms with van der Waals surface area (Å²) in [6, 6.07) is 21.0. The van der Waals surface area contributed by atoms with Crippen LogP contribution in [0.25, 0.3) is 0 Å². The molecule has 168 valence electrons. The van der Waals surface area contributed by atoms with E-state index < -0.39 is 6.23 Å². The number of benzene rings is 3. The molecule has 0 fully saturated rings. The SMILES string of the molecule is COC(=O)c1ccc(C2Oc3c(OC)cccc3C3CC(c4cccc(OC)c4)=NN32)cc1. The second-order valence-corrected chi connectivity index (χ2v) is 7.84. The van der Waals surface area contributed by atoms with Crippen LogP contribution in [0, 0.1) is 0 Å². The minimum atomic E-state index is -0.478. The first kappa shape index (κ1) is 20.9. The second kappa shape index (κ2) is 8.50. The summed E-state index contributed by atoms with van der Waals surface area (Å²) < 4.78 is 22.3. The fourth-order valence-corrected chi connectivity index (χ4v) is 4.34. The molecule has 0 saturated carbocycles. The molecule has 2 aliphatic rings. The van der Waals surface area contributed by atoms with Crippen molar-refractivity contribution >= 4 is 11.7 Å². The topological polar surface area (TPSA) is 69.6 Å². The lowest BCUT2D eigenvalue weighted by molar-refractivity contribution is -0.0209. The number of rotatable bonds is 5. The average Bonchev–Trinajstić information content (AvgIpc) is 3.33. The fourth-order valence-electron chi connectivity index (χ4n) is 4.34. The van der Waals surface area contributed by atoms with Crippen molar-refractivity contribution in [1.82, 2.24) is 5.01 Å². The summed E-state index contributed by atoms with van der Waals surface area (Å²) in [4.78, 5) is 11.9. The Morgan fingerprint density at radius 2 is 1.79 bits per heavy atom. The highest BCUT2D eigenvalue weighted by atomic mass is 16.5. The summed E-state index contributed by atoms with van der Waals surface area (Å²) in [7, 11) is 4.66. The molecule has 2 heterocycles. The van der Waals surface area contributed by atoms with E-state index in [1.54, 1.807) is 26.4 Å². The molecule has 0 aromatic heterocycles. The molecular formula is C26H24N2O5. The molecule has 2 aliphatic heterocycles. The van der Waals surface area contributed by atoms with Gasteiger partial charge in [0.15, 0.2) is 11.5 Å². The van der Waals surface area contributed by atoms with E-state index in [1.807, 2.05) is 53.5 Å². The summed E-state index contributed by atoms with van der Waals surface area (Å²) in [5.74, 6) is 1.80. The van der Waals surface area contributed by atoms with Crippen molar-refractivity contribution in [3.63, 3.8) is 0 Å². The minimum absolute atomic E-state index is 0.0182. The highest BCUT2D eigenvalue weighted by Crippen LogP contribution is 2.50. The molecule has 0 spiro atoms. The van der Waals surface area contributed by atoms with Gasteiger partial charge in [-0.3, -0.25) is 0 Å². The van der Waals surface area contributed by atoms with Crippen LogP contribution in [-0.2, 0) is 4.74 Å². The van der Waals surface area contributed by atoms with Crippen LogP contribution in [0.5, 0.6) is 17.2 Å². The fraction of sp³-hybridized carbons (Fsp3) is 0.231. The minimum Gasteiger partial charge on any atom is -0.497 e. The molecule has 2 unspecified atom stereocenters. The van der Waals surface area contributed by atoms with Crippen LogP contribution in [0.1, 0.15) is 45.7 Å². The van der Waals surface area contributed by atoms with E-state index in [2.05, 4.69) is 6.07 Å². The van der Waals surface area contributed by atoms with E-state index in [-0.39, 0.29) is 12.0 Å². The van der Waals surface area contributed by atoms with Gasteiger partial charge in [0.1, 0.15) is 5.75 Å². The summed E-state index contributed by atoms with van der Waals surface area (Å²) >= 11 is 0. The van der Waals surface area contributed by atoms with Gasteiger partial charge in [-0.1, -0.05) is 36.4 Å². The molecule has 0 saturated heterocycles. The normalized spacial score (nSPS) is 18.5. The zero-order chi connectivity index (χ0) is 22.9. The van der Waals surface area contributed by atoms with Gasteiger partial charge in [0.2, 0.25) is 6.23 Å². The van der Waals surface area contributed by atoms with Crippen molar-refractivity contribution in [2.24, 2.45) is 5.10 Å². The molecule has 2 atom stereocenters. The number of ether oxygens (including phenoxy) is 4. The van der Waals surface area contributed by atoms with Crippen molar-refractivity contribution in [3.05, 3.63) is 89.0 Å². The summed E-state index contributed by atoms with van der Waals surface area (Å²) in [5.41, 5.74) is 4.34. The number of hydrogen-bond donors (Lipinski definition) is 0. The van der Waals surface area contributed by atoms with Gasteiger partial charge in [-0.15, -0.1) is 0 Å². The smallest absolute Gasteiger partial charge is 0.337 e. The molecule has 0 radical (unpaired) electrons. The number of esters is 1. The Labute approximate surface area is 192 Å². The maximum atomic E-state index is 11.9. The van der Waals surface area contributed by atoms with E-state index in [0.717, 1.165) is 28.2 Å². The van der Waals surface area contributed by atoms with Crippen LogP contribution in [0.15, 0.2) is 71.8 Å². The van der Waals surface area contributed by atoms with Crippen molar-refractivity contribution in [2.75, 3.05) is 21.3 Å². The quantitative estimate of drug-likeness (QED) is 0.530. The van der Waals surface area contributed by atoms with Gasteiger partial charge < -0.3 is 18.9 Å². The van der Waals surface area contributed by atoms with Crippen molar-refractivity contribution in [2.45, 2.75) is 18.7 Å². The molecule has 0 amide bonds. The van der Waals surface area contributed by atoms with Crippen molar-refractivity contribution in [1.29, 1.82) is 0 Å². The molecule has 0 N–H and O–H groups in total. The van der Waals surface area contributed by atoms with Crippen LogP contribution in [0.2, 0.25) is 0 Å². The first-order chi connectivity index (χ1) is 16.1. The maximum Gasteiger partial charge on any atom is 0.337 e. The highest BCUT2D eigenvalue weighted by Gasteiger charge is 2.42. The molecule has 5 rings (SSSR count).